The highest BCUT2D eigenvalue weighted by Gasteiger charge is 2.14. The van der Waals surface area contributed by atoms with Crippen LogP contribution in [-0.2, 0) is 9.59 Å². The van der Waals surface area contributed by atoms with Crippen molar-refractivity contribution in [3.8, 4) is 0 Å². The lowest BCUT2D eigenvalue weighted by Crippen LogP contribution is -2.32. The minimum absolute atomic E-state index is 0.0569. The van der Waals surface area contributed by atoms with E-state index in [1.807, 2.05) is 39.0 Å². The van der Waals surface area contributed by atoms with E-state index in [9.17, 15) is 9.59 Å². The second-order valence-corrected chi connectivity index (χ2v) is 6.79. The Morgan fingerprint density at radius 3 is 2.39 bits per heavy atom. The molecule has 1 aromatic rings. The van der Waals surface area contributed by atoms with Crippen LogP contribution in [0, 0.1) is 6.92 Å². The van der Waals surface area contributed by atoms with Crippen LogP contribution in [0.5, 0.6) is 0 Å². The number of nitrogens with one attached hydrogen (secondary N) is 1. The van der Waals surface area contributed by atoms with E-state index >= 15 is 0 Å². The number of nitrogens with zero attached hydrogens (tertiary/aromatic N) is 1. The summed E-state index contributed by atoms with van der Waals surface area (Å²) in [5, 5.41) is 3.01. The summed E-state index contributed by atoms with van der Waals surface area (Å²) in [6, 6.07) is 6.06. The third-order valence-corrected chi connectivity index (χ3v) is 4.68. The maximum atomic E-state index is 12.2. The Morgan fingerprint density at radius 1 is 1.17 bits per heavy atom. The molecular formula is C18H28N2O2S. The van der Waals surface area contributed by atoms with E-state index in [0.717, 1.165) is 16.8 Å². The number of hydrogen-bond donors (Lipinski definition) is 1. The number of benzene rings is 1. The van der Waals surface area contributed by atoms with Gasteiger partial charge in [-0.25, -0.2) is 0 Å². The first-order chi connectivity index (χ1) is 10.9. The van der Waals surface area contributed by atoms with E-state index in [4.69, 9.17) is 0 Å². The van der Waals surface area contributed by atoms with E-state index < -0.39 is 0 Å². The first-order valence-electron chi connectivity index (χ1n) is 8.15. The maximum absolute atomic E-state index is 12.2. The second kappa shape index (κ2) is 9.60. The number of hydrogen-bond acceptors (Lipinski definition) is 3. The monoisotopic (exact) mass is 336 g/mol. The predicted molar refractivity (Wildman–Crippen MR) is 99.2 cm³/mol. The molecule has 0 unspecified atom stereocenters. The molecule has 0 saturated heterocycles. The van der Waals surface area contributed by atoms with Crippen LogP contribution in [0.25, 0.3) is 0 Å². The first kappa shape index (κ1) is 19.6. The fourth-order valence-electron chi connectivity index (χ4n) is 2.42. The summed E-state index contributed by atoms with van der Waals surface area (Å²) in [5.41, 5.74) is 3.11. The Kier molecular flexibility index (Phi) is 8.17. The second-order valence-electron chi connectivity index (χ2n) is 5.80. The van der Waals surface area contributed by atoms with Crippen molar-refractivity contribution in [1.82, 2.24) is 4.90 Å². The van der Waals surface area contributed by atoms with Crippen LogP contribution in [0.15, 0.2) is 18.2 Å². The van der Waals surface area contributed by atoms with Crippen LogP contribution in [0.1, 0.15) is 44.7 Å². The lowest BCUT2D eigenvalue weighted by molar-refractivity contribution is -0.127. The zero-order valence-corrected chi connectivity index (χ0v) is 15.6. The van der Waals surface area contributed by atoms with Crippen LogP contribution in [0.2, 0.25) is 0 Å². The molecule has 5 heteroatoms. The molecule has 0 atom stereocenters. The summed E-state index contributed by atoms with van der Waals surface area (Å²) in [6.45, 7) is 11.6. The van der Waals surface area contributed by atoms with Gasteiger partial charge >= 0.3 is 0 Å². The SMILES string of the molecule is CCN(CC)C(=O)CSCC(=O)Nc1c(C)cccc1C(C)C. The zero-order valence-electron chi connectivity index (χ0n) is 14.8. The Morgan fingerprint density at radius 2 is 1.83 bits per heavy atom. The van der Waals surface area contributed by atoms with Crippen molar-refractivity contribution in [3.63, 3.8) is 0 Å². The van der Waals surface area contributed by atoms with Gasteiger partial charge in [-0.15, -0.1) is 11.8 Å². The number of rotatable bonds is 8. The smallest absolute Gasteiger partial charge is 0.234 e. The molecule has 2 amide bonds. The lowest BCUT2D eigenvalue weighted by Gasteiger charge is -2.18. The maximum Gasteiger partial charge on any atom is 0.234 e. The predicted octanol–water partition coefficient (Wildman–Crippen LogP) is 3.66. The van der Waals surface area contributed by atoms with Crippen molar-refractivity contribution in [2.45, 2.75) is 40.5 Å². The number of carbonyl (C=O) groups is 2. The van der Waals surface area contributed by atoms with E-state index in [1.54, 1.807) is 4.90 Å². The Balaban J connectivity index is 2.57. The van der Waals surface area contributed by atoms with E-state index in [-0.39, 0.29) is 11.8 Å². The fourth-order valence-corrected chi connectivity index (χ4v) is 3.13. The van der Waals surface area contributed by atoms with Gasteiger partial charge in [-0.2, -0.15) is 0 Å². The summed E-state index contributed by atoms with van der Waals surface area (Å²) < 4.78 is 0. The number of para-hydroxylation sites is 1. The van der Waals surface area contributed by atoms with Crippen molar-refractivity contribution >= 4 is 29.3 Å². The van der Waals surface area contributed by atoms with Gasteiger partial charge in [0.25, 0.3) is 0 Å². The summed E-state index contributed by atoms with van der Waals surface area (Å²) in [6.07, 6.45) is 0. The van der Waals surface area contributed by atoms with Crippen LogP contribution >= 0.6 is 11.8 Å². The summed E-state index contributed by atoms with van der Waals surface area (Å²) >= 11 is 1.36. The fraction of sp³-hybridized carbons (Fsp3) is 0.556. The minimum atomic E-state index is -0.0569. The molecule has 0 heterocycles. The van der Waals surface area contributed by atoms with E-state index in [2.05, 4.69) is 19.2 Å². The third-order valence-electron chi connectivity index (χ3n) is 3.77. The van der Waals surface area contributed by atoms with Crippen LogP contribution in [-0.4, -0.2) is 41.3 Å². The molecule has 4 nitrogen and oxygen atoms in total. The molecule has 0 spiro atoms. The largest absolute Gasteiger partial charge is 0.343 e. The molecule has 0 aromatic heterocycles. The molecule has 0 radical (unpaired) electrons. The topological polar surface area (TPSA) is 49.4 Å². The van der Waals surface area contributed by atoms with E-state index in [1.165, 1.54) is 11.8 Å². The highest BCUT2D eigenvalue weighted by molar-refractivity contribution is 8.00. The van der Waals surface area contributed by atoms with Gasteiger partial charge in [-0.1, -0.05) is 32.0 Å². The highest BCUT2D eigenvalue weighted by Crippen LogP contribution is 2.27. The zero-order chi connectivity index (χ0) is 17.4. The lowest BCUT2D eigenvalue weighted by atomic mass is 9.98. The van der Waals surface area contributed by atoms with Crippen LogP contribution < -0.4 is 5.32 Å². The molecule has 0 fully saturated rings. The van der Waals surface area contributed by atoms with Crippen LogP contribution in [0.4, 0.5) is 5.69 Å². The average molecular weight is 337 g/mol. The molecule has 0 aliphatic carbocycles. The molecule has 0 aliphatic rings. The van der Waals surface area contributed by atoms with Crippen molar-refractivity contribution in [2.24, 2.45) is 0 Å². The van der Waals surface area contributed by atoms with Gasteiger partial charge < -0.3 is 10.2 Å². The number of amides is 2. The molecule has 0 saturated carbocycles. The summed E-state index contributed by atoms with van der Waals surface area (Å²) in [4.78, 5) is 25.9. The van der Waals surface area contributed by atoms with Gasteiger partial charge in [0.15, 0.2) is 0 Å². The van der Waals surface area contributed by atoms with Crippen molar-refractivity contribution in [3.05, 3.63) is 29.3 Å². The van der Waals surface area contributed by atoms with Gasteiger partial charge in [0, 0.05) is 18.8 Å². The molecule has 1 N–H and O–H groups in total. The minimum Gasteiger partial charge on any atom is -0.343 e. The Bertz CT molecular complexity index is 540. The van der Waals surface area contributed by atoms with Gasteiger partial charge in [0.05, 0.1) is 11.5 Å². The summed E-state index contributed by atoms with van der Waals surface area (Å²) in [7, 11) is 0. The Hall–Kier alpha value is -1.49. The molecule has 128 valence electrons. The highest BCUT2D eigenvalue weighted by atomic mass is 32.2. The molecule has 1 aromatic carbocycles. The molecular weight excluding hydrogens is 308 g/mol. The molecule has 0 bridgehead atoms. The molecule has 0 aliphatic heterocycles. The summed E-state index contributed by atoms with van der Waals surface area (Å²) in [5.74, 6) is 1.02. The number of thioether (sulfide) groups is 1. The number of anilines is 1. The van der Waals surface area contributed by atoms with Crippen molar-refractivity contribution < 1.29 is 9.59 Å². The standard InChI is InChI=1S/C18H28N2O2S/c1-6-20(7-2)17(22)12-23-11-16(21)19-18-14(5)9-8-10-15(18)13(3)4/h8-10,13H,6-7,11-12H2,1-5H3,(H,19,21). The quantitative estimate of drug-likeness (QED) is 0.788. The first-order valence-corrected chi connectivity index (χ1v) is 9.31. The average Bonchev–Trinajstić information content (AvgIpc) is 2.50. The van der Waals surface area contributed by atoms with Crippen molar-refractivity contribution in [1.29, 1.82) is 0 Å². The third kappa shape index (κ3) is 5.90. The number of aryl methyl sites for hydroxylation is 1. The Labute approximate surface area is 144 Å². The molecule has 23 heavy (non-hydrogen) atoms. The van der Waals surface area contributed by atoms with Crippen LogP contribution in [0.3, 0.4) is 0 Å². The van der Waals surface area contributed by atoms with Gasteiger partial charge in [0.1, 0.15) is 0 Å². The van der Waals surface area contributed by atoms with Gasteiger partial charge in [-0.05, 0) is 37.8 Å². The normalized spacial score (nSPS) is 10.7. The molecule has 1 rings (SSSR count). The van der Waals surface area contributed by atoms with Crippen molar-refractivity contribution in [2.75, 3.05) is 29.9 Å². The van der Waals surface area contributed by atoms with Gasteiger partial charge in [-0.3, -0.25) is 9.59 Å². The van der Waals surface area contributed by atoms with Gasteiger partial charge in [0.2, 0.25) is 11.8 Å². The number of carbonyl (C=O) groups excluding carboxylic acids is 2. The van der Waals surface area contributed by atoms with E-state index in [0.29, 0.717) is 30.5 Å².